The van der Waals surface area contributed by atoms with Crippen LogP contribution in [0.5, 0.6) is 0 Å². The van der Waals surface area contributed by atoms with E-state index in [1.807, 2.05) is 43.3 Å². The number of nitrogens with zero attached hydrogens (tertiary/aromatic N) is 5. The third kappa shape index (κ3) is 4.13. The van der Waals surface area contributed by atoms with Crippen LogP contribution in [0.3, 0.4) is 0 Å². The molecule has 1 aliphatic rings. The molecule has 0 aliphatic carbocycles. The molecule has 0 bridgehead atoms. The fourth-order valence-corrected chi connectivity index (χ4v) is 4.75. The molecule has 4 aromatic rings. The van der Waals surface area contributed by atoms with Crippen molar-refractivity contribution < 1.29 is 4.79 Å². The van der Waals surface area contributed by atoms with Crippen LogP contribution in [0.4, 0.5) is 17.3 Å². The molecule has 1 fully saturated rings. The van der Waals surface area contributed by atoms with Crippen LogP contribution in [0.1, 0.15) is 20.8 Å². The van der Waals surface area contributed by atoms with Crippen molar-refractivity contribution in [3.05, 3.63) is 71.0 Å². The van der Waals surface area contributed by atoms with Crippen LogP contribution < -0.4 is 15.1 Å². The normalized spacial score (nSPS) is 14.1. The van der Waals surface area contributed by atoms with Crippen LogP contribution in [0.2, 0.25) is 0 Å². The van der Waals surface area contributed by atoms with E-state index < -0.39 is 0 Å². The molecule has 0 atom stereocenters. The van der Waals surface area contributed by atoms with E-state index in [0.29, 0.717) is 5.56 Å². The lowest BCUT2D eigenvalue weighted by molar-refractivity contribution is 0.102. The number of carbonyl (C=O) groups excluding carboxylic acids is 1. The number of pyridine rings is 1. The maximum Gasteiger partial charge on any atom is 0.257 e. The zero-order chi connectivity index (χ0) is 22.1. The summed E-state index contributed by atoms with van der Waals surface area (Å²) in [6.07, 6.45) is 3.30. The highest BCUT2D eigenvalue weighted by Crippen LogP contribution is 2.30. The van der Waals surface area contributed by atoms with Crippen LogP contribution in [0, 0.1) is 13.8 Å². The minimum absolute atomic E-state index is 0.156. The van der Waals surface area contributed by atoms with Crippen LogP contribution >= 0.6 is 11.3 Å². The van der Waals surface area contributed by atoms with E-state index in [9.17, 15) is 4.79 Å². The molecule has 1 aliphatic heterocycles. The monoisotopic (exact) mass is 444 g/mol. The number of fused-ring (bicyclic) bond motifs is 1. The Morgan fingerprint density at radius 1 is 0.938 bits per heavy atom. The fraction of sp³-hybridized carbons (Fsp3) is 0.250. The molecule has 7 nitrogen and oxygen atoms in total. The summed E-state index contributed by atoms with van der Waals surface area (Å²) < 4.78 is 0. The Morgan fingerprint density at radius 3 is 2.41 bits per heavy atom. The summed E-state index contributed by atoms with van der Waals surface area (Å²) in [6.45, 7) is 7.53. The molecule has 1 N–H and O–H groups in total. The van der Waals surface area contributed by atoms with E-state index in [0.717, 1.165) is 59.3 Å². The smallest absolute Gasteiger partial charge is 0.257 e. The van der Waals surface area contributed by atoms with Gasteiger partial charge in [0.2, 0.25) is 0 Å². The Morgan fingerprint density at radius 2 is 1.69 bits per heavy atom. The summed E-state index contributed by atoms with van der Waals surface area (Å²) in [5.41, 5.74) is 2.48. The lowest BCUT2D eigenvalue weighted by atomic mass is 10.2. The average molecular weight is 445 g/mol. The molecule has 8 heteroatoms. The SMILES string of the molecule is Cc1ccc(NC(=O)c2ccc(N3CCN(c4ncnc5sc(C)cc45)CC3)nc2)cc1. The molecule has 0 radical (unpaired) electrons. The van der Waals surface area contributed by atoms with Gasteiger partial charge in [0, 0.05) is 42.9 Å². The number of hydrogen-bond donors (Lipinski definition) is 1. The first kappa shape index (κ1) is 20.4. The Hall–Kier alpha value is -3.52. The number of amides is 1. The van der Waals surface area contributed by atoms with Crippen molar-refractivity contribution in [1.29, 1.82) is 0 Å². The maximum atomic E-state index is 12.5. The van der Waals surface area contributed by atoms with Crippen molar-refractivity contribution in [3.63, 3.8) is 0 Å². The van der Waals surface area contributed by atoms with Gasteiger partial charge in [0.25, 0.3) is 5.91 Å². The van der Waals surface area contributed by atoms with E-state index in [-0.39, 0.29) is 5.91 Å². The number of benzene rings is 1. The zero-order valence-electron chi connectivity index (χ0n) is 18.1. The van der Waals surface area contributed by atoms with Gasteiger partial charge in [0.1, 0.15) is 22.8 Å². The molecule has 0 spiro atoms. The molecule has 1 aromatic carbocycles. The molecule has 0 unspecified atom stereocenters. The zero-order valence-corrected chi connectivity index (χ0v) is 18.9. The van der Waals surface area contributed by atoms with Gasteiger partial charge in [0.15, 0.2) is 0 Å². The summed E-state index contributed by atoms with van der Waals surface area (Å²) in [4.78, 5) is 32.9. The van der Waals surface area contributed by atoms with Crippen molar-refractivity contribution in [1.82, 2.24) is 15.0 Å². The first-order valence-electron chi connectivity index (χ1n) is 10.6. The topological polar surface area (TPSA) is 74.2 Å². The predicted octanol–water partition coefficient (Wildman–Crippen LogP) is 4.28. The summed E-state index contributed by atoms with van der Waals surface area (Å²) >= 11 is 1.70. The van der Waals surface area contributed by atoms with Crippen LogP contribution in [0.25, 0.3) is 10.2 Å². The number of hydrogen-bond acceptors (Lipinski definition) is 7. The number of rotatable bonds is 4. The molecule has 162 valence electrons. The fourth-order valence-electron chi connectivity index (χ4n) is 3.91. The highest BCUT2D eigenvalue weighted by atomic mass is 32.1. The number of piperazine rings is 1. The summed E-state index contributed by atoms with van der Waals surface area (Å²) in [7, 11) is 0. The third-order valence-corrected chi connectivity index (χ3v) is 6.61. The van der Waals surface area contributed by atoms with Crippen molar-refractivity contribution in [3.8, 4) is 0 Å². The van der Waals surface area contributed by atoms with Gasteiger partial charge in [-0.2, -0.15) is 0 Å². The van der Waals surface area contributed by atoms with Gasteiger partial charge in [-0.15, -0.1) is 11.3 Å². The van der Waals surface area contributed by atoms with E-state index in [1.165, 1.54) is 4.88 Å². The highest BCUT2D eigenvalue weighted by molar-refractivity contribution is 7.18. The lowest BCUT2D eigenvalue weighted by Gasteiger charge is -2.36. The summed E-state index contributed by atoms with van der Waals surface area (Å²) in [5, 5.41) is 4.04. The summed E-state index contributed by atoms with van der Waals surface area (Å²) in [6, 6.07) is 13.7. The lowest BCUT2D eigenvalue weighted by Crippen LogP contribution is -2.47. The van der Waals surface area contributed by atoms with Crippen molar-refractivity contribution in [2.75, 3.05) is 41.3 Å². The van der Waals surface area contributed by atoms with Crippen molar-refractivity contribution >= 4 is 44.8 Å². The Kier molecular flexibility index (Phi) is 5.45. The molecule has 5 rings (SSSR count). The van der Waals surface area contributed by atoms with Gasteiger partial charge in [0.05, 0.1) is 10.9 Å². The van der Waals surface area contributed by atoms with E-state index >= 15 is 0 Å². The van der Waals surface area contributed by atoms with E-state index in [4.69, 9.17) is 0 Å². The van der Waals surface area contributed by atoms with Crippen LogP contribution in [-0.2, 0) is 0 Å². The van der Waals surface area contributed by atoms with Gasteiger partial charge in [-0.1, -0.05) is 17.7 Å². The second-order valence-electron chi connectivity index (χ2n) is 7.97. The van der Waals surface area contributed by atoms with Gasteiger partial charge < -0.3 is 15.1 Å². The molecular formula is C24H24N6OS. The summed E-state index contributed by atoms with van der Waals surface area (Å²) in [5.74, 6) is 1.74. The third-order valence-electron chi connectivity index (χ3n) is 5.65. The molecule has 0 saturated carbocycles. The van der Waals surface area contributed by atoms with Gasteiger partial charge in [-0.25, -0.2) is 15.0 Å². The van der Waals surface area contributed by atoms with Gasteiger partial charge >= 0.3 is 0 Å². The average Bonchev–Trinajstić information content (AvgIpc) is 3.21. The largest absolute Gasteiger partial charge is 0.353 e. The van der Waals surface area contributed by atoms with Crippen LogP contribution in [0.15, 0.2) is 55.0 Å². The molecule has 32 heavy (non-hydrogen) atoms. The number of carbonyl (C=O) groups is 1. The minimum atomic E-state index is -0.156. The Balaban J connectivity index is 1.23. The molecular weight excluding hydrogens is 420 g/mol. The van der Waals surface area contributed by atoms with Gasteiger partial charge in [-0.05, 0) is 44.2 Å². The number of thiophene rings is 1. The van der Waals surface area contributed by atoms with E-state index in [1.54, 1.807) is 23.9 Å². The standard InChI is InChI=1S/C24H24N6OS/c1-16-3-6-19(7-4-16)28-23(31)18-5-8-21(25-14-18)29-9-11-30(12-10-29)22-20-13-17(2)32-24(20)27-15-26-22/h3-8,13-15H,9-12H2,1-2H3,(H,28,31). The quantitative estimate of drug-likeness (QED) is 0.506. The van der Waals surface area contributed by atoms with Crippen LogP contribution in [-0.4, -0.2) is 47.0 Å². The second kappa shape index (κ2) is 8.55. The molecule has 3 aromatic heterocycles. The Labute approximate surface area is 190 Å². The number of anilines is 3. The molecule has 4 heterocycles. The number of nitrogens with one attached hydrogen (secondary N) is 1. The van der Waals surface area contributed by atoms with Crippen molar-refractivity contribution in [2.45, 2.75) is 13.8 Å². The Bertz CT molecular complexity index is 1240. The predicted molar refractivity (Wildman–Crippen MR) is 130 cm³/mol. The van der Waals surface area contributed by atoms with Gasteiger partial charge in [-0.3, -0.25) is 4.79 Å². The first-order chi connectivity index (χ1) is 15.6. The first-order valence-corrected chi connectivity index (χ1v) is 11.4. The molecule has 1 saturated heterocycles. The second-order valence-corrected chi connectivity index (χ2v) is 9.21. The minimum Gasteiger partial charge on any atom is -0.353 e. The highest BCUT2D eigenvalue weighted by Gasteiger charge is 2.21. The molecule has 1 amide bonds. The van der Waals surface area contributed by atoms with Crippen molar-refractivity contribution in [2.24, 2.45) is 0 Å². The number of aromatic nitrogens is 3. The van der Waals surface area contributed by atoms with E-state index in [2.05, 4.69) is 43.1 Å². The number of aryl methyl sites for hydroxylation is 2. The maximum absolute atomic E-state index is 12.5.